The third kappa shape index (κ3) is 5.61. The van der Waals surface area contributed by atoms with Gasteiger partial charge in [-0.3, -0.25) is 9.10 Å². The molecular formula is C22H29N3O5S. The molecule has 1 atom stereocenters. The summed E-state index contributed by atoms with van der Waals surface area (Å²) < 4.78 is 35.5. The molecule has 0 bridgehead atoms. The summed E-state index contributed by atoms with van der Waals surface area (Å²) in [6, 6.07) is 14.6. The minimum atomic E-state index is -3.33. The van der Waals surface area contributed by atoms with Crippen LogP contribution in [0, 0.1) is 0 Å². The highest BCUT2D eigenvalue weighted by molar-refractivity contribution is 7.92. The third-order valence-electron chi connectivity index (χ3n) is 5.39. The predicted molar refractivity (Wildman–Crippen MR) is 122 cm³/mol. The lowest BCUT2D eigenvalue weighted by Crippen LogP contribution is -2.52. The fraction of sp³-hybridized carbons (Fsp3) is 0.409. The predicted octanol–water partition coefficient (Wildman–Crippen LogP) is 2.21. The van der Waals surface area contributed by atoms with Gasteiger partial charge in [0.1, 0.15) is 11.5 Å². The summed E-state index contributed by atoms with van der Waals surface area (Å²) in [7, 11) is -0.194. The van der Waals surface area contributed by atoms with Gasteiger partial charge in [0.2, 0.25) is 10.0 Å². The summed E-state index contributed by atoms with van der Waals surface area (Å²) in [6.45, 7) is 4.47. The first-order valence-electron chi connectivity index (χ1n) is 10.1. The number of rotatable bonds is 7. The summed E-state index contributed by atoms with van der Waals surface area (Å²) in [5.41, 5.74) is 1.64. The van der Waals surface area contributed by atoms with Gasteiger partial charge in [-0.05, 0) is 55.5 Å². The Bertz CT molecular complexity index is 985. The standard InChI is InChI=1S/C22H29N3O5S/c1-17(30-21-11-5-18(6-12-21)23(2)31(4,27)28)22(26)25-15-13-24(14-16-25)19-7-9-20(29-3)10-8-19/h5-12,17H,13-16H2,1-4H3. The number of nitrogens with zero attached hydrogens (tertiary/aromatic N) is 3. The second-order valence-electron chi connectivity index (χ2n) is 7.49. The minimum Gasteiger partial charge on any atom is -0.497 e. The Labute approximate surface area is 184 Å². The van der Waals surface area contributed by atoms with Gasteiger partial charge in [0.25, 0.3) is 5.91 Å². The van der Waals surface area contributed by atoms with Crippen LogP contribution in [0.1, 0.15) is 6.92 Å². The van der Waals surface area contributed by atoms with Gasteiger partial charge in [-0.1, -0.05) is 0 Å². The zero-order valence-corrected chi connectivity index (χ0v) is 19.1. The van der Waals surface area contributed by atoms with Gasteiger partial charge < -0.3 is 19.3 Å². The molecular weight excluding hydrogens is 418 g/mol. The maximum absolute atomic E-state index is 12.8. The SMILES string of the molecule is COc1ccc(N2CCN(C(=O)C(C)Oc3ccc(N(C)S(C)(=O)=O)cc3)CC2)cc1. The highest BCUT2D eigenvalue weighted by atomic mass is 32.2. The Balaban J connectivity index is 1.53. The van der Waals surface area contributed by atoms with Gasteiger partial charge >= 0.3 is 0 Å². The number of methoxy groups -OCH3 is 1. The molecule has 0 spiro atoms. The number of benzene rings is 2. The molecule has 3 rings (SSSR count). The van der Waals surface area contributed by atoms with Gasteiger partial charge in [0.15, 0.2) is 6.10 Å². The Hall–Kier alpha value is -2.94. The molecule has 31 heavy (non-hydrogen) atoms. The lowest BCUT2D eigenvalue weighted by molar-refractivity contribution is -0.138. The van der Waals surface area contributed by atoms with Crippen molar-refractivity contribution in [3.05, 3.63) is 48.5 Å². The second kappa shape index (κ2) is 9.47. The quantitative estimate of drug-likeness (QED) is 0.648. The lowest BCUT2D eigenvalue weighted by Gasteiger charge is -2.37. The Morgan fingerprint density at radius 1 is 0.968 bits per heavy atom. The molecule has 1 aliphatic heterocycles. The van der Waals surface area contributed by atoms with E-state index in [9.17, 15) is 13.2 Å². The molecule has 0 aliphatic carbocycles. The summed E-state index contributed by atoms with van der Waals surface area (Å²) in [5, 5.41) is 0. The molecule has 0 saturated carbocycles. The second-order valence-corrected chi connectivity index (χ2v) is 9.51. The highest BCUT2D eigenvalue weighted by Crippen LogP contribution is 2.23. The molecule has 168 valence electrons. The van der Waals surface area contributed by atoms with E-state index in [1.54, 1.807) is 38.3 Å². The first-order chi connectivity index (χ1) is 14.7. The number of ether oxygens (including phenoxy) is 2. The minimum absolute atomic E-state index is 0.0632. The molecule has 1 heterocycles. The van der Waals surface area contributed by atoms with E-state index in [1.807, 2.05) is 29.2 Å². The van der Waals surface area contributed by atoms with Crippen molar-refractivity contribution in [2.75, 3.05) is 55.8 Å². The summed E-state index contributed by atoms with van der Waals surface area (Å²) in [4.78, 5) is 16.9. The van der Waals surface area contributed by atoms with E-state index in [0.717, 1.165) is 30.8 Å². The van der Waals surface area contributed by atoms with E-state index in [2.05, 4.69) is 4.90 Å². The number of amides is 1. The molecule has 1 unspecified atom stereocenters. The van der Waals surface area contributed by atoms with Crippen LogP contribution < -0.4 is 18.7 Å². The van der Waals surface area contributed by atoms with Crippen molar-refractivity contribution < 1.29 is 22.7 Å². The molecule has 2 aromatic carbocycles. The van der Waals surface area contributed by atoms with Gasteiger partial charge in [-0.15, -0.1) is 0 Å². The van der Waals surface area contributed by atoms with Crippen molar-refractivity contribution in [2.45, 2.75) is 13.0 Å². The van der Waals surface area contributed by atoms with E-state index >= 15 is 0 Å². The Morgan fingerprint density at radius 2 is 1.52 bits per heavy atom. The summed E-state index contributed by atoms with van der Waals surface area (Å²) in [6.07, 6.45) is 0.512. The molecule has 9 heteroatoms. The van der Waals surface area contributed by atoms with Crippen LogP contribution in [0.5, 0.6) is 11.5 Å². The van der Waals surface area contributed by atoms with Crippen molar-refractivity contribution in [3.8, 4) is 11.5 Å². The maximum atomic E-state index is 12.8. The number of hydrogen-bond acceptors (Lipinski definition) is 6. The van der Waals surface area contributed by atoms with Crippen LogP contribution in [0.2, 0.25) is 0 Å². The van der Waals surface area contributed by atoms with Crippen LogP contribution in [0.4, 0.5) is 11.4 Å². The van der Waals surface area contributed by atoms with E-state index in [-0.39, 0.29) is 5.91 Å². The number of hydrogen-bond donors (Lipinski definition) is 0. The normalized spacial score (nSPS) is 15.4. The average Bonchev–Trinajstić information content (AvgIpc) is 2.78. The van der Waals surface area contributed by atoms with Crippen LogP contribution in [-0.2, 0) is 14.8 Å². The summed E-state index contributed by atoms with van der Waals surface area (Å²) in [5.74, 6) is 1.27. The molecule has 8 nitrogen and oxygen atoms in total. The zero-order chi connectivity index (χ0) is 22.6. The Morgan fingerprint density at radius 3 is 2.03 bits per heavy atom. The summed E-state index contributed by atoms with van der Waals surface area (Å²) >= 11 is 0. The largest absolute Gasteiger partial charge is 0.497 e. The molecule has 1 saturated heterocycles. The van der Waals surface area contributed by atoms with Gasteiger partial charge in [-0.2, -0.15) is 0 Å². The van der Waals surface area contributed by atoms with Crippen molar-refractivity contribution in [1.29, 1.82) is 0 Å². The smallest absolute Gasteiger partial charge is 0.263 e. The molecule has 1 amide bonds. The van der Waals surface area contributed by atoms with E-state index < -0.39 is 16.1 Å². The van der Waals surface area contributed by atoms with Crippen molar-refractivity contribution in [2.24, 2.45) is 0 Å². The lowest BCUT2D eigenvalue weighted by atomic mass is 10.2. The third-order valence-corrected chi connectivity index (χ3v) is 6.59. The monoisotopic (exact) mass is 447 g/mol. The fourth-order valence-electron chi connectivity index (χ4n) is 3.42. The van der Waals surface area contributed by atoms with Crippen molar-refractivity contribution in [1.82, 2.24) is 4.90 Å². The van der Waals surface area contributed by atoms with Gasteiger partial charge in [0, 0.05) is 38.9 Å². The molecule has 0 radical (unpaired) electrons. The number of piperazine rings is 1. The van der Waals surface area contributed by atoms with Crippen LogP contribution in [0.3, 0.4) is 0 Å². The fourth-order valence-corrected chi connectivity index (χ4v) is 3.92. The van der Waals surface area contributed by atoms with E-state index in [4.69, 9.17) is 9.47 Å². The van der Waals surface area contributed by atoms with Gasteiger partial charge in [0.05, 0.1) is 19.1 Å². The van der Waals surface area contributed by atoms with Crippen LogP contribution in [-0.4, -0.2) is 71.9 Å². The van der Waals surface area contributed by atoms with Crippen molar-refractivity contribution in [3.63, 3.8) is 0 Å². The first-order valence-corrected chi connectivity index (χ1v) is 11.9. The average molecular weight is 448 g/mol. The highest BCUT2D eigenvalue weighted by Gasteiger charge is 2.26. The van der Waals surface area contributed by atoms with Crippen LogP contribution in [0.25, 0.3) is 0 Å². The van der Waals surface area contributed by atoms with Crippen molar-refractivity contribution >= 4 is 27.3 Å². The number of carbonyl (C=O) groups excluding carboxylic acids is 1. The Kier molecular flexibility index (Phi) is 6.94. The van der Waals surface area contributed by atoms with E-state index in [0.29, 0.717) is 24.5 Å². The number of carbonyl (C=O) groups is 1. The first kappa shape index (κ1) is 22.7. The molecule has 0 aromatic heterocycles. The van der Waals surface area contributed by atoms with Gasteiger partial charge in [-0.25, -0.2) is 8.42 Å². The maximum Gasteiger partial charge on any atom is 0.263 e. The number of sulfonamides is 1. The topological polar surface area (TPSA) is 79.4 Å². The molecule has 1 aliphatic rings. The molecule has 2 aromatic rings. The molecule has 0 N–H and O–H groups in total. The van der Waals surface area contributed by atoms with E-state index in [1.165, 1.54) is 11.4 Å². The van der Waals surface area contributed by atoms with Crippen LogP contribution in [0.15, 0.2) is 48.5 Å². The zero-order valence-electron chi connectivity index (χ0n) is 18.3. The van der Waals surface area contributed by atoms with Crippen LogP contribution >= 0.6 is 0 Å². The molecule has 1 fully saturated rings. The number of anilines is 2.